The second-order valence-electron chi connectivity index (χ2n) is 10.3. The maximum Gasteiger partial charge on any atom is 0.256 e. The van der Waals surface area contributed by atoms with Crippen LogP contribution in [-0.4, -0.2) is 33.1 Å². The number of rotatable bonds is 3. The number of benzene rings is 2. The highest BCUT2D eigenvalue weighted by molar-refractivity contribution is 6.37. The number of aromatic nitrogens is 2. The van der Waals surface area contributed by atoms with Gasteiger partial charge in [0.05, 0.1) is 15.7 Å². The fourth-order valence-electron chi connectivity index (χ4n) is 5.11. The van der Waals surface area contributed by atoms with E-state index in [4.69, 9.17) is 28.2 Å². The molecule has 0 aliphatic carbocycles. The van der Waals surface area contributed by atoms with Crippen molar-refractivity contribution in [1.82, 2.24) is 14.5 Å². The summed E-state index contributed by atoms with van der Waals surface area (Å²) in [6, 6.07) is 17.0. The first-order valence-corrected chi connectivity index (χ1v) is 12.9. The molecule has 2 aromatic carbocycles. The fraction of sp³-hybridized carbons (Fsp3) is 0.310. The van der Waals surface area contributed by atoms with Crippen LogP contribution in [-0.2, 0) is 0 Å². The molecule has 36 heavy (non-hydrogen) atoms. The van der Waals surface area contributed by atoms with Crippen LogP contribution in [0.5, 0.6) is 0 Å². The number of fused-ring (bicyclic) bond motifs is 1. The zero-order valence-electron chi connectivity index (χ0n) is 20.6. The van der Waals surface area contributed by atoms with Gasteiger partial charge in [0.2, 0.25) is 0 Å². The first kappa shape index (κ1) is 24.9. The lowest BCUT2D eigenvalue weighted by Crippen LogP contribution is -2.45. The Hall–Kier alpha value is -2.73. The van der Waals surface area contributed by atoms with Crippen molar-refractivity contribution >= 4 is 34.2 Å². The van der Waals surface area contributed by atoms with Gasteiger partial charge in [-0.15, -0.1) is 0 Å². The zero-order valence-corrected chi connectivity index (χ0v) is 22.1. The SMILES string of the molecule is CC(C)(C)N1CCC(c2cc(-c3ccccc3F)c3ccc(=O)n(-c4c(Cl)cccc4Cl)c3n2)CC1. The van der Waals surface area contributed by atoms with Crippen LogP contribution in [0.3, 0.4) is 0 Å². The minimum absolute atomic E-state index is 0.0986. The average molecular weight is 524 g/mol. The summed E-state index contributed by atoms with van der Waals surface area (Å²) >= 11 is 13.1. The third kappa shape index (κ3) is 4.56. The molecular weight excluding hydrogens is 496 g/mol. The second kappa shape index (κ2) is 9.62. The van der Waals surface area contributed by atoms with Crippen LogP contribution < -0.4 is 5.56 Å². The molecule has 186 valence electrons. The Morgan fingerprint density at radius 3 is 2.22 bits per heavy atom. The maximum absolute atomic E-state index is 15.1. The molecule has 0 unspecified atom stereocenters. The maximum atomic E-state index is 15.1. The highest BCUT2D eigenvalue weighted by Gasteiger charge is 2.29. The van der Waals surface area contributed by atoms with E-state index in [2.05, 4.69) is 25.7 Å². The minimum atomic E-state index is -0.327. The molecule has 1 aliphatic rings. The summed E-state index contributed by atoms with van der Waals surface area (Å²) in [5, 5.41) is 1.34. The Kier molecular flexibility index (Phi) is 6.67. The van der Waals surface area contributed by atoms with E-state index in [1.54, 1.807) is 36.4 Å². The molecule has 3 heterocycles. The van der Waals surface area contributed by atoms with Gasteiger partial charge in [-0.1, -0.05) is 47.5 Å². The summed E-state index contributed by atoms with van der Waals surface area (Å²) < 4.78 is 16.5. The molecule has 1 saturated heterocycles. The monoisotopic (exact) mass is 523 g/mol. The average Bonchev–Trinajstić information content (AvgIpc) is 2.84. The largest absolute Gasteiger partial charge is 0.298 e. The Balaban J connectivity index is 1.76. The van der Waals surface area contributed by atoms with Gasteiger partial charge in [-0.2, -0.15) is 0 Å². The number of hydrogen-bond acceptors (Lipinski definition) is 3. The summed E-state index contributed by atoms with van der Waals surface area (Å²) in [4.78, 5) is 20.7. The van der Waals surface area contributed by atoms with Crippen LogP contribution >= 0.6 is 23.2 Å². The van der Waals surface area contributed by atoms with Gasteiger partial charge in [-0.3, -0.25) is 14.3 Å². The van der Waals surface area contributed by atoms with Gasteiger partial charge in [0.1, 0.15) is 11.5 Å². The molecular formula is C29H28Cl2FN3O. The van der Waals surface area contributed by atoms with Gasteiger partial charge in [0.15, 0.2) is 0 Å². The standard InChI is InChI=1S/C29H28Cl2FN3O/c1-29(2,3)34-15-13-18(14-16-34)25-17-21(19-7-4-5-10-24(19)32)20-11-12-26(36)35(28(20)33-25)27-22(30)8-6-9-23(27)31/h4-12,17-18H,13-16H2,1-3H3. The normalized spacial score (nSPS) is 15.5. The molecule has 1 aliphatic heterocycles. The third-order valence-corrected chi connectivity index (χ3v) is 7.68. The molecule has 0 N–H and O–H groups in total. The van der Waals surface area contributed by atoms with Gasteiger partial charge in [0.25, 0.3) is 5.56 Å². The molecule has 5 rings (SSSR count). The van der Waals surface area contributed by atoms with Gasteiger partial charge in [0, 0.05) is 34.2 Å². The fourth-order valence-corrected chi connectivity index (χ4v) is 5.67. The quantitative estimate of drug-likeness (QED) is 0.279. The molecule has 4 nitrogen and oxygen atoms in total. The van der Waals surface area contributed by atoms with Crippen molar-refractivity contribution in [1.29, 1.82) is 0 Å². The van der Waals surface area contributed by atoms with Gasteiger partial charge < -0.3 is 0 Å². The molecule has 7 heteroatoms. The van der Waals surface area contributed by atoms with Gasteiger partial charge in [-0.05, 0) is 82.6 Å². The Morgan fingerprint density at radius 2 is 1.58 bits per heavy atom. The third-order valence-electron chi connectivity index (χ3n) is 7.07. The number of nitrogens with zero attached hydrogens (tertiary/aromatic N) is 3. The van der Waals surface area contributed by atoms with E-state index < -0.39 is 0 Å². The summed E-state index contributed by atoms with van der Waals surface area (Å²) in [7, 11) is 0. The molecule has 0 saturated carbocycles. The van der Waals surface area contributed by atoms with E-state index in [1.807, 2.05) is 12.1 Å². The summed E-state index contributed by atoms with van der Waals surface area (Å²) in [5.74, 6) is -0.143. The number of likely N-dealkylation sites (tertiary alicyclic amines) is 1. The van der Waals surface area contributed by atoms with E-state index in [0.29, 0.717) is 37.9 Å². The topological polar surface area (TPSA) is 38.1 Å². The van der Waals surface area contributed by atoms with Crippen molar-refractivity contribution in [2.45, 2.75) is 45.1 Å². The Labute approximate surface area is 220 Å². The molecule has 1 fully saturated rings. The number of pyridine rings is 2. The predicted octanol–water partition coefficient (Wildman–Crippen LogP) is 7.48. The number of piperidine rings is 1. The molecule has 0 radical (unpaired) electrons. The molecule has 0 bridgehead atoms. The first-order chi connectivity index (χ1) is 17.1. The first-order valence-electron chi connectivity index (χ1n) is 12.2. The van der Waals surface area contributed by atoms with Crippen molar-refractivity contribution in [3.63, 3.8) is 0 Å². The van der Waals surface area contributed by atoms with Crippen molar-refractivity contribution in [2.24, 2.45) is 0 Å². The van der Waals surface area contributed by atoms with Crippen molar-refractivity contribution in [3.05, 3.63) is 92.6 Å². The van der Waals surface area contributed by atoms with Crippen LogP contribution in [0.1, 0.15) is 45.2 Å². The lowest BCUT2D eigenvalue weighted by molar-refractivity contribution is 0.102. The van der Waals surface area contributed by atoms with Crippen LogP contribution in [0.15, 0.2) is 65.5 Å². The number of para-hydroxylation sites is 1. The zero-order chi connectivity index (χ0) is 25.6. The lowest BCUT2D eigenvalue weighted by Gasteiger charge is -2.40. The van der Waals surface area contributed by atoms with Crippen molar-refractivity contribution in [3.8, 4) is 16.8 Å². The van der Waals surface area contributed by atoms with Crippen molar-refractivity contribution < 1.29 is 4.39 Å². The summed E-state index contributed by atoms with van der Waals surface area (Å²) in [5.41, 5.74) is 2.61. The molecule has 0 spiro atoms. The van der Waals surface area contributed by atoms with Crippen LogP contribution in [0.25, 0.3) is 27.8 Å². The highest BCUT2D eigenvalue weighted by atomic mass is 35.5. The van der Waals surface area contributed by atoms with E-state index >= 15 is 4.39 Å². The summed E-state index contributed by atoms with van der Waals surface area (Å²) in [6.45, 7) is 8.57. The van der Waals surface area contributed by atoms with Gasteiger partial charge >= 0.3 is 0 Å². The van der Waals surface area contributed by atoms with E-state index in [-0.39, 0.29) is 22.8 Å². The second-order valence-corrected chi connectivity index (χ2v) is 11.1. The van der Waals surface area contributed by atoms with Crippen LogP contribution in [0, 0.1) is 5.82 Å². The molecule has 0 amide bonds. The van der Waals surface area contributed by atoms with Gasteiger partial charge in [-0.25, -0.2) is 9.37 Å². The van der Waals surface area contributed by atoms with E-state index in [9.17, 15) is 4.79 Å². The minimum Gasteiger partial charge on any atom is -0.298 e. The molecule has 0 atom stereocenters. The van der Waals surface area contributed by atoms with E-state index in [1.165, 1.54) is 16.7 Å². The Bertz CT molecular complexity index is 1480. The highest BCUT2D eigenvalue weighted by Crippen LogP contribution is 2.37. The lowest BCUT2D eigenvalue weighted by atomic mass is 9.88. The Morgan fingerprint density at radius 1 is 0.917 bits per heavy atom. The molecule has 4 aromatic rings. The predicted molar refractivity (Wildman–Crippen MR) is 146 cm³/mol. The molecule has 2 aromatic heterocycles. The van der Waals surface area contributed by atoms with Crippen LogP contribution in [0.4, 0.5) is 4.39 Å². The van der Waals surface area contributed by atoms with Crippen LogP contribution in [0.2, 0.25) is 10.0 Å². The smallest absolute Gasteiger partial charge is 0.256 e. The number of halogens is 3. The van der Waals surface area contributed by atoms with E-state index in [0.717, 1.165) is 31.6 Å². The number of hydrogen-bond donors (Lipinski definition) is 0. The van der Waals surface area contributed by atoms with Crippen molar-refractivity contribution in [2.75, 3.05) is 13.1 Å². The summed E-state index contributed by atoms with van der Waals surface area (Å²) in [6.07, 6.45) is 1.85.